The molecule has 0 amide bonds. The highest BCUT2D eigenvalue weighted by atomic mass is 79.9. The molecule has 0 saturated carbocycles. The molecular weight excluding hydrogens is 362 g/mol. The highest BCUT2D eigenvalue weighted by Gasteiger charge is 2.34. The fraction of sp³-hybridized carbons (Fsp3) is 0.588. The van der Waals surface area contributed by atoms with Crippen LogP contribution in [0.1, 0.15) is 46.1 Å². The van der Waals surface area contributed by atoms with Gasteiger partial charge in [0.15, 0.2) is 0 Å². The van der Waals surface area contributed by atoms with Gasteiger partial charge in [-0.2, -0.15) is 0 Å². The maximum absolute atomic E-state index is 11.5. The number of hydrogen-bond donors (Lipinski definition) is 2. The third-order valence-electron chi connectivity index (χ3n) is 3.98. The molecule has 22 heavy (non-hydrogen) atoms. The number of halogens is 1. The number of nitrogens with one attached hydrogen (secondary N) is 1. The van der Waals surface area contributed by atoms with Crippen LogP contribution in [0, 0.1) is 5.41 Å². The fourth-order valence-corrected chi connectivity index (χ4v) is 3.86. The molecule has 0 bridgehead atoms. The summed E-state index contributed by atoms with van der Waals surface area (Å²) in [6, 6.07) is 6.26. The first-order valence-corrected chi connectivity index (χ1v) is 9.41. The van der Waals surface area contributed by atoms with Crippen molar-refractivity contribution in [3.8, 4) is 0 Å². The zero-order valence-electron chi connectivity index (χ0n) is 13.8. The van der Waals surface area contributed by atoms with Crippen molar-refractivity contribution < 1.29 is 9.90 Å². The summed E-state index contributed by atoms with van der Waals surface area (Å²) >= 11 is 5.34. The minimum atomic E-state index is -0.711. The van der Waals surface area contributed by atoms with Crippen LogP contribution in [0.5, 0.6) is 0 Å². The van der Waals surface area contributed by atoms with Crippen molar-refractivity contribution in [1.82, 2.24) is 5.32 Å². The van der Waals surface area contributed by atoms with Gasteiger partial charge in [0.1, 0.15) is 0 Å². The minimum absolute atomic E-state index is 0.497. The van der Waals surface area contributed by atoms with E-state index in [1.807, 2.05) is 31.7 Å². The van der Waals surface area contributed by atoms with E-state index >= 15 is 0 Å². The molecule has 0 aromatic heterocycles. The average Bonchev–Trinajstić information content (AvgIpc) is 2.45. The quantitative estimate of drug-likeness (QED) is 0.589. The zero-order valence-corrected chi connectivity index (χ0v) is 16.2. The average molecular weight is 388 g/mol. The maximum Gasteiger partial charge on any atom is 0.310 e. The Labute approximate surface area is 146 Å². The highest BCUT2D eigenvalue weighted by molar-refractivity contribution is 9.10. The molecule has 1 rings (SSSR count). The molecule has 2 N–H and O–H groups in total. The van der Waals surface area contributed by atoms with Crippen molar-refractivity contribution in [2.45, 2.75) is 57.2 Å². The maximum atomic E-state index is 11.5. The smallest absolute Gasteiger partial charge is 0.310 e. The van der Waals surface area contributed by atoms with Crippen molar-refractivity contribution >= 4 is 33.7 Å². The summed E-state index contributed by atoms with van der Waals surface area (Å²) < 4.78 is 1.07. The molecule has 0 aliphatic carbocycles. The van der Waals surface area contributed by atoms with Crippen LogP contribution in [0.3, 0.4) is 0 Å². The van der Waals surface area contributed by atoms with Gasteiger partial charge in [0.25, 0.3) is 0 Å². The molecule has 0 fully saturated rings. The second-order valence-electron chi connectivity index (χ2n) is 5.81. The van der Waals surface area contributed by atoms with Gasteiger partial charge in [0, 0.05) is 27.7 Å². The summed E-state index contributed by atoms with van der Waals surface area (Å²) in [4.78, 5) is 12.8. The molecule has 5 heteroatoms. The van der Waals surface area contributed by atoms with Crippen LogP contribution in [0.15, 0.2) is 27.6 Å². The van der Waals surface area contributed by atoms with E-state index in [-0.39, 0.29) is 0 Å². The van der Waals surface area contributed by atoms with Crippen LogP contribution in [0.25, 0.3) is 0 Å². The lowest BCUT2D eigenvalue weighted by Gasteiger charge is -2.27. The van der Waals surface area contributed by atoms with Crippen LogP contribution in [-0.4, -0.2) is 22.9 Å². The van der Waals surface area contributed by atoms with E-state index in [2.05, 4.69) is 47.2 Å². The number of carbonyl (C=O) groups is 1. The van der Waals surface area contributed by atoms with Gasteiger partial charge >= 0.3 is 5.97 Å². The number of thioether (sulfide) groups is 1. The normalized spacial score (nSPS) is 11.9. The predicted octanol–water partition coefficient (Wildman–Crippen LogP) is 4.93. The van der Waals surface area contributed by atoms with Crippen molar-refractivity contribution in [1.29, 1.82) is 0 Å². The molecule has 1 aromatic carbocycles. The molecule has 0 atom stereocenters. The van der Waals surface area contributed by atoms with Crippen molar-refractivity contribution in [3.05, 3.63) is 28.2 Å². The molecule has 0 heterocycles. The highest BCUT2D eigenvalue weighted by Crippen LogP contribution is 2.30. The Bertz CT molecular complexity index is 501. The van der Waals surface area contributed by atoms with Crippen LogP contribution in [0.4, 0.5) is 0 Å². The number of hydrogen-bond acceptors (Lipinski definition) is 3. The number of carboxylic acids is 1. The molecule has 0 unspecified atom stereocenters. The third kappa shape index (κ3) is 5.28. The second kappa shape index (κ2) is 8.94. The van der Waals surface area contributed by atoms with Gasteiger partial charge < -0.3 is 10.4 Å². The van der Waals surface area contributed by atoms with Gasteiger partial charge in [0.2, 0.25) is 0 Å². The van der Waals surface area contributed by atoms with Crippen molar-refractivity contribution in [3.63, 3.8) is 0 Å². The fourth-order valence-electron chi connectivity index (χ4n) is 2.35. The number of benzene rings is 1. The number of carboxylic acid groups (broad SMARTS) is 1. The van der Waals surface area contributed by atoms with Crippen LogP contribution in [0.2, 0.25) is 0 Å². The van der Waals surface area contributed by atoms with E-state index in [1.54, 1.807) is 0 Å². The Hall–Kier alpha value is -0.520. The van der Waals surface area contributed by atoms with Crippen LogP contribution in [-0.2, 0) is 11.3 Å². The first-order chi connectivity index (χ1) is 10.3. The third-order valence-corrected chi connectivity index (χ3v) is 5.58. The van der Waals surface area contributed by atoms with Crippen LogP contribution < -0.4 is 5.32 Å². The summed E-state index contributed by atoms with van der Waals surface area (Å²) in [6.07, 6.45) is 1.28. The summed E-state index contributed by atoms with van der Waals surface area (Å²) in [6.45, 7) is 9.42. The van der Waals surface area contributed by atoms with E-state index in [0.717, 1.165) is 4.47 Å². The first kappa shape index (κ1) is 19.5. The van der Waals surface area contributed by atoms with E-state index in [9.17, 15) is 9.90 Å². The molecule has 124 valence electrons. The number of rotatable bonds is 9. The summed E-state index contributed by atoms with van der Waals surface area (Å²) in [5, 5.41) is 13.3. The van der Waals surface area contributed by atoms with Crippen LogP contribution >= 0.6 is 27.7 Å². The lowest BCUT2D eigenvalue weighted by Crippen LogP contribution is -2.40. The minimum Gasteiger partial charge on any atom is -0.481 e. The monoisotopic (exact) mass is 387 g/mol. The Morgan fingerprint density at radius 2 is 2.00 bits per heavy atom. The predicted molar refractivity (Wildman–Crippen MR) is 97.5 cm³/mol. The Morgan fingerprint density at radius 3 is 2.50 bits per heavy atom. The standard InChI is InChI=1S/C17H26BrNO2S/c1-5-17(6-2,16(20)21)11-19-10-13-7-8-14(18)9-15(13)22-12(3)4/h7-9,12,19H,5-6,10-11H2,1-4H3,(H,20,21). The molecule has 3 nitrogen and oxygen atoms in total. The van der Waals surface area contributed by atoms with Crippen molar-refractivity contribution in [2.24, 2.45) is 5.41 Å². The van der Waals surface area contributed by atoms with E-state index in [0.29, 0.717) is 31.2 Å². The number of aliphatic carboxylic acids is 1. The second-order valence-corrected chi connectivity index (χ2v) is 8.35. The molecule has 0 radical (unpaired) electrons. The van der Waals surface area contributed by atoms with E-state index in [1.165, 1.54) is 10.5 Å². The zero-order chi connectivity index (χ0) is 16.8. The summed E-state index contributed by atoms with van der Waals surface area (Å²) in [7, 11) is 0. The van der Waals surface area contributed by atoms with Gasteiger partial charge in [-0.1, -0.05) is 49.7 Å². The molecule has 0 aliphatic heterocycles. The lowest BCUT2D eigenvalue weighted by atomic mass is 9.82. The summed E-state index contributed by atoms with van der Waals surface area (Å²) in [5.41, 5.74) is 0.550. The molecule has 0 aliphatic rings. The Balaban J connectivity index is 2.77. The molecule has 0 saturated heterocycles. The molecule has 1 aromatic rings. The summed E-state index contributed by atoms with van der Waals surface area (Å²) in [5.74, 6) is -0.711. The molecular formula is C17H26BrNO2S. The van der Waals surface area contributed by atoms with Gasteiger partial charge in [-0.05, 0) is 30.5 Å². The Morgan fingerprint density at radius 1 is 1.36 bits per heavy atom. The van der Waals surface area contributed by atoms with Gasteiger partial charge in [-0.25, -0.2) is 0 Å². The first-order valence-electron chi connectivity index (χ1n) is 7.73. The molecule has 0 spiro atoms. The Kier molecular flexibility index (Phi) is 7.94. The van der Waals surface area contributed by atoms with Gasteiger partial charge in [-0.3, -0.25) is 4.79 Å². The van der Waals surface area contributed by atoms with E-state index in [4.69, 9.17) is 0 Å². The van der Waals surface area contributed by atoms with Gasteiger partial charge in [-0.15, -0.1) is 11.8 Å². The lowest BCUT2D eigenvalue weighted by molar-refractivity contribution is -0.149. The topological polar surface area (TPSA) is 49.3 Å². The van der Waals surface area contributed by atoms with Crippen molar-refractivity contribution in [2.75, 3.05) is 6.54 Å². The van der Waals surface area contributed by atoms with Gasteiger partial charge in [0.05, 0.1) is 5.41 Å². The SMILES string of the molecule is CCC(CC)(CNCc1ccc(Br)cc1SC(C)C)C(=O)O. The van der Waals surface area contributed by atoms with E-state index < -0.39 is 11.4 Å². The largest absolute Gasteiger partial charge is 0.481 e.